The van der Waals surface area contributed by atoms with Crippen LogP contribution in [0.3, 0.4) is 0 Å². The van der Waals surface area contributed by atoms with Gasteiger partial charge in [-0.15, -0.1) is 0 Å². The third-order valence-electron chi connectivity index (χ3n) is 5.90. The second kappa shape index (κ2) is 9.69. The standard InChI is InChI=1S/C29H31NO2/c1-7-27(29(5,6)20(2)3)32-21(4)22-15-17-25(18-16-22)30-28(31)19-24-13-10-12-23-11-8-9-14-26(23)24/h7-18H,2,4,19H2,1,3,5-6H3,(H,30,31)/b27-7+. The number of allylic oxidation sites excluding steroid dienone is 2. The Balaban J connectivity index is 1.66. The Bertz CT molecular complexity index is 1180. The molecule has 3 aromatic rings. The van der Waals surface area contributed by atoms with Crippen molar-refractivity contribution in [3.8, 4) is 0 Å². The summed E-state index contributed by atoms with van der Waals surface area (Å²) in [7, 11) is 0. The molecule has 0 bridgehead atoms. The Morgan fingerprint density at radius 3 is 2.31 bits per heavy atom. The van der Waals surface area contributed by atoms with Crippen LogP contribution < -0.4 is 5.32 Å². The van der Waals surface area contributed by atoms with Gasteiger partial charge in [-0.25, -0.2) is 0 Å². The number of ether oxygens (including phenoxy) is 1. The Hall–Kier alpha value is -3.59. The quantitative estimate of drug-likeness (QED) is 0.299. The molecule has 0 aromatic heterocycles. The smallest absolute Gasteiger partial charge is 0.228 e. The maximum Gasteiger partial charge on any atom is 0.228 e. The number of carbonyl (C=O) groups is 1. The fourth-order valence-corrected chi connectivity index (χ4v) is 3.51. The molecule has 32 heavy (non-hydrogen) atoms. The Morgan fingerprint density at radius 1 is 1.00 bits per heavy atom. The van der Waals surface area contributed by atoms with Gasteiger partial charge in [-0.1, -0.05) is 61.2 Å². The number of fused-ring (bicyclic) bond motifs is 1. The average molecular weight is 426 g/mol. The van der Waals surface area contributed by atoms with Crippen LogP contribution >= 0.6 is 0 Å². The number of carbonyl (C=O) groups excluding carboxylic acids is 1. The summed E-state index contributed by atoms with van der Waals surface area (Å²) in [6.07, 6.45) is 2.27. The molecule has 3 nitrogen and oxygen atoms in total. The van der Waals surface area contributed by atoms with E-state index in [0.29, 0.717) is 12.2 Å². The van der Waals surface area contributed by atoms with Crippen LogP contribution in [-0.4, -0.2) is 5.91 Å². The monoisotopic (exact) mass is 425 g/mol. The minimum atomic E-state index is -0.285. The van der Waals surface area contributed by atoms with Crippen LogP contribution in [0.5, 0.6) is 0 Å². The van der Waals surface area contributed by atoms with Crippen molar-refractivity contribution in [2.45, 2.75) is 34.1 Å². The van der Waals surface area contributed by atoms with Gasteiger partial charge in [0.05, 0.1) is 6.42 Å². The number of amides is 1. The molecule has 3 aromatic carbocycles. The molecule has 3 rings (SSSR count). The summed E-state index contributed by atoms with van der Waals surface area (Å²) in [6.45, 7) is 16.2. The van der Waals surface area contributed by atoms with Crippen molar-refractivity contribution in [3.63, 3.8) is 0 Å². The first-order chi connectivity index (χ1) is 15.2. The summed E-state index contributed by atoms with van der Waals surface area (Å²) in [5.41, 5.74) is 3.34. The number of nitrogens with one attached hydrogen (secondary N) is 1. The van der Waals surface area contributed by atoms with Gasteiger partial charge in [0.1, 0.15) is 11.5 Å². The molecule has 0 fully saturated rings. The topological polar surface area (TPSA) is 38.3 Å². The molecule has 0 aliphatic rings. The lowest BCUT2D eigenvalue weighted by atomic mass is 9.83. The van der Waals surface area contributed by atoms with Gasteiger partial charge in [-0.2, -0.15) is 0 Å². The highest BCUT2D eigenvalue weighted by Crippen LogP contribution is 2.36. The fourth-order valence-electron chi connectivity index (χ4n) is 3.51. The molecule has 1 N–H and O–H groups in total. The number of rotatable bonds is 8. The van der Waals surface area contributed by atoms with E-state index in [1.807, 2.05) is 74.5 Å². The highest BCUT2D eigenvalue weighted by atomic mass is 16.5. The Labute approximate surface area is 191 Å². The van der Waals surface area contributed by atoms with Crippen LogP contribution in [0.4, 0.5) is 5.69 Å². The summed E-state index contributed by atoms with van der Waals surface area (Å²) in [5, 5.41) is 5.22. The fraction of sp³-hybridized carbons (Fsp3) is 0.207. The summed E-state index contributed by atoms with van der Waals surface area (Å²) in [5.74, 6) is 1.31. The molecule has 0 radical (unpaired) electrons. The van der Waals surface area contributed by atoms with Gasteiger partial charge in [0.25, 0.3) is 0 Å². The number of hydrogen-bond donors (Lipinski definition) is 1. The Kier molecular flexibility index (Phi) is 6.99. The molecule has 0 saturated carbocycles. The van der Waals surface area contributed by atoms with Crippen molar-refractivity contribution in [2.75, 3.05) is 5.32 Å². The highest BCUT2D eigenvalue weighted by molar-refractivity contribution is 5.96. The van der Waals surface area contributed by atoms with E-state index in [2.05, 4.69) is 44.5 Å². The SMILES string of the molecule is C=C(O/C(=C/C)C(C)(C)C(=C)C)c1ccc(NC(=O)Cc2cccc3ccccc23)cc1. The number of anilines is 1. The molecule has 164 valence electrons. The molecule has 0 aliphatic heterocycles. The molecule has 0 heterocycles. The number of hydrogen-bond acceptors (Lipinski definition) is 2. The van der Waals surface area contributed by atoms with Crippen molar-refractivity contribution < 1.29 is 9.53 Å². The predicted molar refractivity (Wildman–Crippen MR) is 135 cm³/mol. The minimum absolute atomic E-state index is 0.0522. The maximum atomic E-state index is 12.6. The zero-order chi connectivity index (χ0) is 23.3. The van der Waals surface area contributed by atoms with Crippen molar-refractivity contribution in [1.29, 1.82) is 0 Å². The van der Waals surface area contributed by atoms with Crippen LogP contribution in [-0.2, 0) is 16.0 Å². The van der Waals surface area contributed by atoms with Crippen LogP contribution in [0, 0.1) is 5.41 Å². The van der Waals surface area contributed by atoms with Gasteiger partial charge in [-0.3, -0.25) is 4.79 Å². The van der Waals surface area contributed by atoms with E-state index < -0.39 is 0 Å². The van der Waals surface area contributed by atoms with Crippen molar-refractivity contribution >= 4 is 28.1 Å². The first-order valence-corrected chi connectivity index (χ1v) is 10.8. The minimum Gasteiger partial charge on any atom is -0.461 e. The lowest BCUT2D eigenvalue weighted by molar-refractivity contribution is -0.115. The van der Waals surface area contributed by atoms with E-state index in [4.69, 9.17) is 4.74 Å². The van der Waals surface area contributed by atoms with Gasteiger partial charge in [0, 0.05) is 16.7 Å². The lowest BCUT2D eigenvalue weighted by Crippen LogP contribution is -2.17. The normalized spacial score (nSPS) is 11.8. The third kappa shape index (κ3) is 5.17. The molecule has 0 saturated heterocycles. The van der Waals surface area contributed by atoms with Gasteiger partial charge in [0.15, 0.2) is 0 Å². The summed E-state index contributed by atoms with van der Waals surface area (Å²) in [4.78, 5) is 12.6. The molecule has 0 spiro atoms. The average Bonchev–Trinajstić information content (AvgIpc) is 2.77. The van der Waals surface area contributed by atoms with E-state index in [1.54, 1.807) is 0 Å². The molecule has 1 amide bonds. The zero-order valence-corrected chi connectivity index (χ0v) is 19.4. The van der Waals surface area contributed by atoms with Crippen molar-refractivity contribution in [3.05, 3.63) is 108 Å². The predicted octanol–water partition coefficient (Wildman–Crippen LogP) is 7.51. The summed E-state index contributed by atoms with van der Waals surface area (Å²) in [6, 6.07) is 21.7. The van der Waals surface area contributed by atoms with Gasteiger partial charge in [-0.05, 0) is 74.4 Å². The largest absolute Gasteiger partial charge is 0.461 e. The van der Waals surface area contributed by atoms with Gasteiger partial charge in [0.2, 0.25) is 5.91 Å². The zero-order valence-electron chi connectivity index (χ0n) is 19.4. The molecule has 0 unspecified atom stereocenters. The highest BCUT2D eigenvalue weighted by Gasteiger charge is 2.26. The van der Waals surface area contributed by atoms with Crippen LogP contribution in [0.25, 0.3) is 16.5 Å². The van der Waals surface area contributed by atoms with Gasteiger partial charge < -0.3 is 10.1 Å². The first-order valence-electron chi connectivity index (χ1n) is 10.8. The van der Waals surface area contributed by atoms with Crippen LogP contribution in [0.2, 0.25) is 0 Å². The van der Waals surface area contributed by atoms with Crippen molar-refractivity contribution in [1.82, 2.24) is 0 Å². The second-order valence-corrected chi connectivity index (χ2v) is 8.52. The van der Waals surface area contributed by atoms with Crippen LogP contribution in [0.1, 0.15) is 38.8 Å². The molecular formula is C29H31NO2. The molecule has 0 aliphatic carbocycles. The van der Waals surface area contributed by atoms with Crippen molar-refractivity contribution in [2.24, 2.45) is 5.41 Å². The van der Waals surface area contributed by atoms with E-state index in [-0.39, 0.29) is 11.3 Å². The first kappa shape index (κ1) is 23.1. The second-order valence-electron chi connectivity index (χ2n) is 8.52. The maximum absolute atomic E-state index is 12.6. The third-order valence-corrected chi connectivity index (χ3v) is 5.90. The molecular weight excluding hydrogens is 394 g/mol. The van der Waals surface area contributed by atoms with E-state index in [1.165, 1.54) is 0 Å². The number of benzene rings is 3. The summed E-state index contributed by atoms with van der Waals surface area (Å²) < 4.78 is 6.07. The summed E-state index contributed by atoms with van der Waals surface area (Å²) >= 11 is 0. The molecule has 3 heteroatoms. The van der Waals surface area contributed by atoms with Gasteiger partial charge >= 0.3 is 0 Å². The van der Waals surface area contributed by atoms with E-state index in [9.17, 15) is 4.79 Å². The van der Waals surface area contributed by atoms with E-state index >= 15 is 0 Å². The lowest BCUT2D eigenvalue weighted by Gasteiger charge is -2.29. The molecule has 0 atom stereocenters. The Morgan fingerprint density at radius 2 is 1.66 bits per heavy atom. The van der Waals surface area contributed by atoms with E-state index in [0.717, 1.165) is 38.9 Å². The van der Waals surface area contributed by atoms with Crippen LogP contribution in [0.15, 0.2) is 97.3 Å².